The smallest absolute Gasteiger partial charge is 0.274 e. The Labute approximate surface area is 128 Å². The van der Waals surface area contributed by atoms with Gasteiger partial charge in [-0.25, -0.2) is 0 Å². The molecule has 1 fully saturated rings. The molecule has 1 saturated carbocycles. The summed E-state index contributed by atoms with van der Waals surface area (Å²) in [5, 5.41) is 7.10. The van der Waals surface area contributed by atoms with E-state index < -0.39 is 0 Å². The Bertz CT molecular complexity index is 721. The number of hydrogen-bond donors (Lipinski definition) is 1. The van der Waals surface area contributed by atoms with Crippen LogP contribution in [-0.2, 0) is 6.54 Å². The highest BCUT2D eigenvalue weighted by atomic mass is 16.7. The first-order valence-corrected chi connectivity index (χ1v) is 7.40. The van der Waals surface area contributed by atoms with Gasteiger partial charge in [0.1, 0.15) is 5.69 Å². The fourth-order valence-corrected chi connectivity index (χ4v) is 2.63. The molecule has 2 heterocycles. The molecule has 1 aliphatic heterocycles. The Morgan fingerprint density at radius 3 is 2.95 bits per heavy atom. The lowest BCUT2D eigenvalue weighted by atomic mass is 10.2. The van der Waals surface area contributed by atoms with E-state index in [0.29, 0.717) is 18.2 Å². The molecule has 22 heavy (non-hydrogen) atoms. The van der Waals surface area contributed by atoms with E-state index >= 15 is 0 Å². The first kappa shape index (κ1) is 13.2. The molecule has 1 amide bonds. The van der Waals surface area contributed by atoms with E-state index in [0.717, 1.165) is 22.8 Å². The van der Waals surface area contributed by atoms with Crippen LogP contribution in [0.5, 0.6) is 11.5 Å². The maximum atomic E-state index is 12.4. The molecular weight excluding hydrogens is 282 g/mol. The van der Waals surface area contributed by atoms with E-state index in [9.17, 15) is 4.79 Å². The highest BCUT2D eigenvalue weighted by Crippen LogP contribution is 2.39. The summed E-state index contributed by atoms with van der Waals surface area (Å²) in [6, 6.07) is 7.59. The number of nitrogens with one attached hydrogen (secondary N) is 1. The Balaban J connectivity index is 1.46. The number of aromatic nitrogens is 2. The minimum Gasteiger partial charge on any atom is -0.454 e. The van der Waals surface area contributed by atoms with E-state index in [2.05, 4.69) is 10.2 Å². The summed E-state index contributed by atoms with van der Waals surface area (Å²) in [4.78, 5) is 14.1. The monoisotopic (exact) mass is 299 g/mol. The fraction of sp³-hybridized carbons (Fsp3) is 0.375. The van der Waals surface area contributed by atoms with E-state index in [1.54, 1.807) is 11.9 Å². The molecule has 1 aromatic carbocycles. The van der Waals surface area contributed by atoms with Gasteiger partial charge in [0.2, 0.25) is 6.79 Å². The summed E-state index contributed by atoms with van der Waals surface area (Å²) in [7, 11) is 1.78. The van der Waals surface area contributed by atoms with Crippen molar-refractivity contribution in [3.63, 3.8) is 0 Å². The number of nitrogens with zero attached hydrogens (tertiary/aromatic N) is 2. The average Bonchev–Trinajstić information content (AvgIpc) is 3.08. The first-order chi connectivity index (χ1) is 10.7. The Morgan fingerprint density at radius 1 is 1.32 bits per heavy atom. The third-order valence-electron chi connectivity index (χ3n) is 4.04. The number of hydrogen-bond acceptors (Lipinski definition) is 4. The van der Waals surface area contributed by atoms with E-state index in [-0.39, 0.29) is 12.7 Å². The van der Waals surface area contributed by atoms with Crippen molar-refractivity contribution in [2.24, 2.45) is 0 Å². The molecule has 1 aliphatic carbocycles. The molecule has 0 saturated heterocycles. The molecule has 114 valence electrons. The van der Waals surface area contributed by atoms with Crippen LogP contribution in [0, 0.1) is 0 Å². The Hall–Kier alpha value is -2.50. The summed E-state index contributed by atoms with van der Waals surface area (Å²) >= 11 is 0. The first-order valence-electron chi connectivity index (χ1n) is 7.40. The number of rotatable bonds is 4. The van der Waals surface area contributed by atoms with Crippen molar-refractivity contribution in [1.29, 1.82) is 0 Å². The summed E-state index contributed by atoms with van der Waals surface area (Å²) in [6.07, 6.45) is 2.37. The summed E-state index contributed by atoms with van der Waals surface area (Å²) in [6.45, 7) is 0.756. The molecule has 2 aliphatic rings. The lowest BCUT2D eigenvalue weighted by Crippen LogP contribution is -2.26. The molecule has 0 radical (unpaired) electrons. The molecule has 0 spiro atoms. The van der Waals surface area contributed by atoms with Crippen molar-refractivity contribution in [3.05, 3.63) is 41.2 Å². The molecule has 2 aromatic rings. The molecule has 1 N–H and O–H groups in total. The van der Waals surface area contributed by atoms with Crippen LogP contribution in [0.4, 0.5) is 0 Å². The molecule has 0 bridgehead atoms. The van der Waals surface area contributed by atoms with Crippen LogP contribution < -0.4 is 9.47 Å². The lowest BCUT2D eigenvalue weighted by molar-refractivity contribution is 0.0779. The number of ether oxygens (including phenoxy) is 2. The third kappa shape index (κ3) is 2.41. The summed E-state index contributed by atoms with van der Waals surface area (Å²) in [5.74, 6) is 1.96. The van der Waals surface area contributed by atoms with Gasteiger partial charge in [-0.3, -0.25) is 9.89 Å². The zero-order chi connectivity index (χ0) is 15.1. The van der Waals surface area contributed by atoms with Gasteiger partial charge in [-0.05, 0) is 36.6 Å². The largest absolute Gasteiger partial charge is 0.454 e. The third-order valence-corrected chi connectivity index (χ3v) is 4.04. The summed E-state index contributed by atoms with van der Waals surface area (Å²) < 4.78 is 10.6. The van der Waals surface area contributed by atoms with Crippen molar-refractivity contribution in [2.75, 3.05) is 13.8 Å². The number of amides is 1. The molecule has 0 atom stereocenters. The van der Waals surface area contributed by atoms with Gasteiger partial charge in [-0.2, -0.15) is 5.10 Å². The Morgan fingerprint density at radius 2 is 2.14 bits per heavy atom. The second-order valence-corrected chi connectivity index (χ2v) is 5.83. The molecule has 6 heteroatoms. The molecule has 4 rings (SSSR count). The quantitative estimate of drug-likeness (QED) is 0.940. The van der Waals surface area contributed by atoms with Crippen molar-refractivity contribution in [2.45, 2.75) is 25.3 Å². The van der Waals surface area contributed by atoms with Gasteiger partial charge in [-0.15, -0.1) is 0 Å². The maximum Gasteiger partial charge on any atom is 0.274 e. The van der Waals surface area contributed by atoms with Gasteiger partial charge in [0, 0.05) is 25.2 Å². The molecule has 0 unspecified atom stereocenters. The number of aromatic amines is 1. The maximum absolute atomic E-state index is 12.4. The minimum absolute atomic E-state index is 0.0826. The van der Waals surface area contributed by atoms with Gasteiger partial charge >= 0.3 is 0 Å². The van der Waals surface area contributed by atoms with Crippen LogP contribution in [0.2, 0.25) is 0 Å². The van der Waals surface area contributed by atoms with Crippen LogP contribution in [0.1, 0.15) is 40.5 Å². The van der Waals surface area contributed by atoms with Crippen molar-refractivity contribution in [3.8, 4) is 11.5 Å². The second kappa shape index (κ2) is 5.05. The fourth-order valence-electron chi connectivity index (χ4n) is 2.63. The lowest BCUT2D eigenvalue weighted by Gasteiger charge is -2.16. The average molecular weight is 299 g/mol. The Kier molecular flexibility index (Phi) is 3.03. The number of carbonyl (C=O) groups excluding carboxylic acids is 1. The number of carbonyl (C=O) groups is 1. The van der Waals surface area contributed by atoms with E-state index in [1.807, 2.05) is 24.3 Å². The molecule has 6 nitrogen and oxygen atoms in total. The van der Waals surface area contributed by atoms with Crippen LogP contribution in [0.15, 0.2) is 24.3 Å². The second-order valence-electron chi connectivity index (χ2n) is 5.83. The van der Waals surface area contributed by atoms with Crippen molar-refractivity contribution < 1.29 is 14.3 Å². The number of fused-ring (bicyclic) bond motifs is 1. The van der Waals surface area contributed by atoms with Gasteiger partial charge in [-0.1, -0.05) is 6.07 Å². The number of benzene rings is 1. The van der Waals surface area contributed by atoms with Crippen LogP contribution >= 0.6 is 0 Å². The van der Waals surface area contributed by atoms with E-state index in [1.165, 1.54) is 12.8 Å². The zero-order valence-electron chi connectivity index (χ0n) is 12.3. The van der Waals surface area contributed by atoms with Crippen molar-refractivity contribution in [1.82, 2.24) is 15.1 Å². The zero-order valence-corrected chi connectivity index (χ0v) is 12.3. The molecular formula is C16H17N3O3. The highest BCUT2D eigenvalue weighted by molar-refractivity contribution is 5.92. The predicted octanol–water partition coefficient (Wildman–Crippen LogP) is 2.29. The van der Waals surface area contributed by atoms with Gasteiger partial charge in [0.25, 0.3) is 5.91 Å². The van der Waals surface area contributed by atoms with Crippen LogP contribution in [0.25, 0.3) is 0 Å². The standard InChI is InChI=1S/C16H17N3O3/c1-19(8-10-2-5-14-15(6-10)22-9-21-14)16(20)13-7-12(17-18-13)11-3-4-11/h2,5-7,11H,3-4,8-9H2,1H3,(H,17,18). The molecule has 1 aromatic heterocycles. The van der Waals surface area contributed by atoms with Gasteiger partial charge in [0.15, 0.2) is 11.5 Å². The highest BCUT2D eigenvalue weighted by Gasteiger charge is 2.27. The van der Waals surface area contributed by atoms with Gasteiger partial charge < -0.3 is 14.4 Å². The number of H-pyrrole nitrogens is 1. The van der Waals surface area contributed by atoms with Crippen LogP contribution in [0.3, 0.4) is 0 Å². The minimum atomic E-state index is -0.0826. The van der Waals surface area contributed by atoms with Crippen LogP contribution in [-0.4, -0.2) is 34.8 Å². The summed E-state index contributed by atoms with van der Waals surface area (Å²) in [5.41, 5.74) is 2.54. The van der Waals surface area contributed by atoms with Gasteiger partial charge in [0.05, 0.1) is 0 Å². The SMILES string of the molecule is CN(Cc1ccc2c(c1)OCO2)C(=O)c1cc(C2CC2)[nH]n1. The topological polar surface area (TPSA) is 67.5 Å². The normalized spacial score (nSPS) is 15.9. The van der Waals surface area contributed by atoms with Crippen molar-refractivity contribution >= 4 is 5.91 Å². The van der Waals surface area contributed by atoms with E-state index in [4.69, 9.17) is 9.47 Å². The predicted molar refractivity (Wildman–Crippen MR) is 78.9 cm³/mol.